The third kappa shape index (κ3) is 3.77. The van der Waals surface area contributed by atoms with Gasteiger partial charge in [0.2, 0.25) is 5.91 Å². The number of hydrogen-bond donors (Lipinski definition) is 1. The first-order valence-electron chi connectivity index (χ1n) is 6.75. The molecule has 1 fully saturated rings. The fourth-order valence-electron chi connectivity index (χ4n) is 2.30. The van der Waals surface area contributed by atoms with Crippen LogP contribution in [0.2, 0.25) is 0 Å². The minimum atomic E-state index is -0.621. The highest BCUT2D eigenvalue weighted by molar-refractivity contribution is 5.92. The SMILES string of the molecule is NC(=O)[C@H]1CCCCN1C(=O)COC(=O)c1cccnc1. The van der Waals surface area contributed by atoms with E-state index < -0.39 is 30.4 Å². The van der Waals surface area contributed by atoms with Crippen LogP contribution in [0.5, 0.6) is 0 Å². The van der Waals surface area contributed by atoms with Crippen molar-refractivity contribution in [2.75, 3.05) is 13.2 Å². The zero-order valence-corrected chi connectivity index (χ0v) is 11.5. The molecule has 21 heavy (non-hydrogen) atoms. The largest absolute Gasteiger partial charge is 0.452 e. The van der Waals surface area contributed by atoms with Gasteiger partial charge in [0.15, 0.2) is 6.61 Å². The Kier molecular flexibility index (Phi) is 4.86. The fourth-order valence-corrected chi connectivity index (χ4v) is 2.30. The highest BCUT2D eigenvalue weighted by Gasteiger charge is 2.30. The maximum Gasteiger partial charge on any atom is 0.340 e. The smallest absolute Gasteiger partial charge is 0.340 e. The third-order valence-corrected chi connectivity index (χ3v) is 3.38. The molecule has 0 aliphatic carbocycles. The lowest BCUT2D eigenvalue weighted by Crippen LogP contribution is -2.51. The normalized spacial score (nSPS) is 18.1. The van der Waals surface area contributed by atoms with Crippen molar-refractivity contribution in [1.29, 1.82) is 0 Å². The second-order valence-electron chi connectivity index (χ2n) is 4.82. The summed E-state index contributed by atoms with van der Waals surface area (Å²) in [4.78, 5) is 40.3. The van der Waals surface area contributed by atoms with Crippen LogP contribution >= 0.6 is 0 Å². The molecule has 1 aliphatic heterocycles. The number of esters is 1. The van der Waals surface area contributed by atoms with Gasteiger partial charge in [0.25, 0.3) is 5.91 Å². The zero-order valence-electron chi connectivity index (χ0n) is 11.5. The highest BCUT2D eigenvalue weighted by atomic mass is 16.5. The highest BCUT2D eigenvalue weighted by Crippen LogP contribution is 2.17. The van der Waals surface area contributed by atoms with E-state index in [1.54, 1.807) is 12.1 Å². The van der Waals surface area contributed by atoms with E-state index >= 15 is 0 Å². The van der Waals surface area contributed by atoms with Crippen LogP contribution in [0.1, 0.15) is 29.6 Å². The van der Waals surface area contributed by atoms with Crippen molar-refractivity contribution in [2.24, 2.45) is 5.73 Å². The second-order valence-corrected chi connectivity index (χ2v) is 4.82. The fraction of sp³-hybridized carbons (Fsp3) is 0.429. The van der Waals surface area contributed by atoms with Gasteiger partial charge in [-0.2, -0.15) is 0 Å². The minimum absolute atomic E-state index is 0.274. The maximum absolute atomic E-state index is 12.1. The van der Waals surface area contributed by atoms with Gasteiger partial charge in [0.1, 0.15) is 6.04 Å². The van der Waals surface area contributed by atoms with E-state index in [1.807, 2.05) is 0 Å². The molecule has 1 saturated heterocycles. The monoisotopic (exact) mass is 291 g/mol. The standard InChI is InChI=1S/C14H17N3O4/c15-13(19)11-5-1-2-7-17(11)12(18)9-21-14(20)10-4-3-6-16-8-10/h3-4,6,8,11H,1-2,5,7,9H2,(H2,15,19)/t11-/m1/s1. The van der Waals surface area contributed by atoms with Crippen LogP contribution in [0.25, 0.3) is 0 Å². The number of piperidine rings is 1. The summed E-state index contributed by atoms with van der Waals surface area (Å²) in [5, 5.41) is 0. The summed E-state index contributed by atoms with van der Waals surface area (Å²) in [6, 6.07) is 2.54. The van der Waals surface area contributed by atoms with Gasteiger partial charge in [0.05, 0.1) is 5.56 Å². The van der Waals surface area contributed by atoms with Gasteiger partial charge in [-0.3, -0.25) is 14.6 Å². The first-order valence-corrected chi connectivity index (χ1v) is 6.75. The van der Waals surface area contributed by atoms with E-state index in [0.29, 0.717) is 13.0 Å². The van der Waals surface area contributed by atoms with Crippen molar-refractivity contribution < 1.29 is 19.1 Å². The minimum Gasteiger partial charge on any atom is -0.452 e. The molecule has 1 aromatic rings. The Morgan fingerprint density at radius 3 is 2.86 bits per heavy atom. The molecule has 0 radical (unpaired) electrons. The molecule has 2 N–H and O–H groups in total. The van der Waals surface area contributed by atoms with E-state index in [-0.39, 0.29) is 5.56 Å². The van der Waals surface area contributed by atoms with Gasteiger partial charge in [0, 0.05) is 18.9 Å². The van der Waals surface area contributed by atoms with E-state index in [0.717, 1.165) is 12.8 Å². The molecule has 1 aliphatic rings. The van der Waals surface area contributed by atoms with Crippen LogP contribution in [0.3, 0.4) is 0 Å². The Labute approximate surface area is 122 Å². The van der Waals surface area contributed by atoms with Crippen LogP contribution < -0.4 is 5.73 Å². The summed E-state index contributed by atoms with van der Waals surface area (Å²) in [6.07, 6.45) is 5.11. The van der Waals surface area contributed by atoms with Gasteiger partial charge in [-0.15, -0.1) is 0 Å². The number of nitrogens with zero attached hydrogens (tertiary/aromatic N) is 2. The Morgan fingerprint density at radius 2 is 2.19 bits per heavy atom. The van der Waals surface area contributed by atoms with E-state index in [9.17, 15) is 14.4 Å². The predicted molar refractivity (Wildman–Crippen MR) is 73.1 cm³/mol. The molecule has 2 heterocycles. The van der Waals surface area contributed by atoms with Crippen molar-refractivity contribution in [1.82, 2.24) is 9.88 Å². The van der Waals surface area contributed by atoms with E-state index in [2.05, 4.69) is 4.98 Å². The number of nitrogens with two attached hydrogens (primary N) is 1. The van der Waals surface area contributed by atoms with Crippen molar-refractivity contribution in [3.63, 3.8) is 0 Å². The quantitative estimate of drug-likeness (QED) is 0.793. The zero-order chi connectivity index (χ0) is 15.2. The molecule has 0 spiro atoms. The molecule has 0 aromatic carbocycles. The average Bonchev–Trinajstić information content (AvgIpc) is 2.53. The Morgan fingerprint density at radius 1 is 1.38 bits per heavy atom. The molecule has 1 aromatic heterocycles. The molecule has 0 unspecified atom stereocenters. The average molecular weight is 291 g/mol. The van der Waals surface area contributed by atoms with Crippen LogP contribution in [0.15, 0.2) is 24.5 Å². The van der Waals surface area contributed by atoms with E-state index in [1.165, 1.54) is 17.3 Å². The lowest BCUT2D eigenvalue weighted by atomic mass is 10.0. The number of amides is 2. The van der Waals surface area contributed by atoms with Crippen LogP contribution in [0.4, 0.5) is 0 Å². The molecule has 1 atom stereocenters. The molecule has 7 nitrogen and oxygen atoms in total. The molecule has 0 bridgehead atoms. The second kappa shape index (κ2) is 6.83. The van der Waals surface area contributed by atoms with Crippen molar-refractivity contribution in [3.8, 4) is 0 Å². The molecular formula is C14H17N3O4. The summed E-state index contributed by atoms with van der Waals surface area (Å²) in [5.74, 6) is -1.55. The summed E-state index contributed by atoms with van der Waals surface area (Å²) in [6.45, 7) is 0.0500. The molecule has 7 heteroatoms. The summed E-state index contributed by atoms with van der Waals surface area (Å²) >= 11 is 0. The van der Waals surface area contributed by atoms with Gasteiger partial charge in [-0.1, -0.05) is 0 Å². The van der Waals surface area contributed by atoms with Gasteiger partial charge >= 0.3 is 5.97 Å². The number of carbonyl (C=O) groups is 3. The summed E-state index contributed by atoms with van der Waals surface area (Å²) in [7, 11) is 0. The first kappa shape index (κ1) is 15.0. The number of carbonyl (C=O) groups excluding carboxylic acids is 3. The third-order valence-electron chi connectivity index (χ3n) is 3.38. The first-order chi connectivity index (χ1) is 10.1. The number of ether oxygens (including phenoxy) is 1. The Hall–Kier alpha value is -2.44. The summed E-state index contributed by atoms with van der Waals surface area (Å²) in [5.41, 5.74) is 5.57. The van der Waals surface area contributed by atoms with Gasteiger partial charge < -0.3 is 15.4 Å². The number of rotatable bonds is 4. The molecule has 2 amide bonds. The van der Waals surface area contributed by atoms with Crippen LogP contribution in [-0.4, -0.2) is 46.9 Å². The lowest BCUT2D eigenvalue weighted by molar-refractivity contribution is -0.143. The van der Waals surface area contributed by atoms with Gasteiger partial charge in [-0.05, 0) is 31.4 Å². The summed E-state index contributed by atoms with van der Waals surface area (Å²) < 4.78 is 4.95. The Bertz CT molecular complexity index is 532. The molecule has 2 rings (SSSR count). The molecule has 112 valence electrons. The number of pyridine rings is 1. The van der Waals surface area contributed by atoms with Crippen molar-refractivity contribution >= 4 is 17.8 Å². The van der Waals surface area contributed by atoms with Crippen LogP contribution in [0, 0.1) is 0 Å². The van der Waals surface area contributed by atoms with Crippen molar-refractivity contribution in [3.05, 3.63) is 30.1 Å². The maximum atomic E-state index is 12.1. The number of aromatic nitrogens is 1. The number of hydrogen-bond acceptors (Lipinski definition) is 5. The van der Waals surface area contributed by atoms with E-state index in [4.69, 9.17) is 10.5 Å². The molecule has 0 saturated carbocycles. The van der Waals surface area contributed by atoms with Crippen LogP contribution in [-0.2, 0) is 14.3 Å². The van der Waals surface area contributed by atoms with Crippen molar-refractivity contribution in [2.45, 2.75) is 25.3 Å². The topological polar surface area (TPSA) is 103 Å². The predicted octanol–water partition coefficient (Wildman–Crippen LogP) is 0.105. The Balaban J connectivity index is 1.92. The number of likely N-dealkylation sites (tertiary alicyclic amines) is 1. The van der Waals surface area contributed by atoms with Gasteiger partial charge in [-0.25, -0.2) is 4.79 Å². The number of primary amides is 1. The molecular weight excluding hydrogens is 274 g/mol. The lowest BCUT2D eigenvalue weighted by Gasteiger charge is -2.33.